The van der Waals surface area contributed by atoms with Gasteiger partial charge in [0.2, 0.25) is 0 Å². The molecule has 8 nitrogen and oxygen atoms in total. The van der Waals surface area contributed by atoms with E-state index in [1.165, 1.54) is 11.3 Å². The molecular weight excluding hydrogens is 298 g/mol. The summed E-state index contributed by atoms with van der Waals surface area (Å²) in [4.78, 5) is 34.4. The summed E-state index contributed by atoms with van der Waals surface area (Å²) in [5, 5.41) is 12.2. The van der Waals surface area contributed by atoms with Gasteiger partial charge in [0.25, 0.3) is 5.91 Å². The van der Waals surface area contributed by atoms with Crippen molar-refractivity contribution < 1.29 is 14.7 Å². The van der Waals surface area contributed by atoms with Crippen LogP contribution in [0.25, 0.3) is 0 Å². The third kappa shape index (κ3) is 2.87. The minimum Gasteiger partial charge on any atom is -0.392 e. The molecule has 128 valence electrons. The average Bonchev–Trinajstić information content (AvgIpc) is 2.84. The number of hydrogen-bond acceptors (Lipinski definition) is 6. The lowest BCUT2D eigenvalue weighted by atomic mass is 10.0. The number of carbonyl (C=O) groups excluding carboxylic acids is 2. The highest BCUT2D eigenvalue weighted by atomic mass is 16.3. The van der Waals surface area contributed by atoms with E-state index >= 15 is 0 Å². The third-order valence-electron chi connectivity index (χ3n) is 4.74. The summed E-state index contributed by atoms with van der Waals surface area (Å²) < 4.78 is 0. The number of piperidine rings is 1. The van der Waals surface area contributed by atoms with Gasteiger partial charge in [0.15, 0.2) is 18.2 Å². The Morgan fingerprint density at radius 3 is 2.83 bits per heavy atom. The quantitative estimate of drug-likeness (QED) is 0.725. The van der Waals surface area contributed by atoms with Gasteiger partial charge in [0, 0.05) is 26.7 Å². The lowest BCUT2D eigenvalue weighted by Gasteiger charge is -2.39. The van der Waals surface area contributed by atoms with Crippen molar-refractivity contribution in [2.45, 2.75) is 45.0 Å². The van der Waals surface area contributed by atoms with Crippen molar-refractivity contribution in [3.63, 3.8) is 0 Å². The number of urea groups is 1. The molecular formula is C15H25N5O3. The van der Waals surface area contributed by atoms with Gasteiger partial charge < -0.3 is 19.8 Å². The molecule has 3 aliphatic rings. The van der Waals surface area contributed by atoms with E-state index < -0.39 is 24.3 Å². The average molecular weight is 323 g/mol. The fraction of sp³-hybridized carbons (Fsp3) is 0.800. The second-order valence-electron chi connectivity index (χ2n) is 6.89. The number of likely N-dealkylation sites (N-methyl/N-ethyl adjacent to an activating group) is 1. The van der Waals surface area contributed by atoms with E-state index in [1.54, 1.807) is 14.0 Å². The van der Waals surface area contributed by atoms with Gasteiger partial charge in [-0.2, -0.15) is 0 Å². The highest BCUT2D eigenvalue weighted by Gasteiger charge is 2.50. The number of β-amino-alcohol motifs (C(OH)–C–C–N with tert-alkyl or cyclic N) is 1. The molecule has 8 heteroatoms. The first-order valence-corrected chi connectivity index (χ1v) is 8.23. The minimum atomic E-state index is -0.586. The second kappa shape index (κ2) is 5.99. The summed E-state index contributed by atoms with van der Waals surface area (Å²) in [6, 6.07) is -0.996. The SMILES string of the molecule is CC(O)CN1C(N2CCCC(C)C2)=NC2C1C(=O)NC(=O)N2C. The number of fused-ring (bicyclic) bond motifs is 1. The van der Waals surface area contributed by atoms with Crippen LogP contribution in [0.3, 0.4) is 0 Å². The molecule has 0 aromatic rings. The van der Waals surface area contributed by atoms with Gasteiger partial charge in [-0.25, -0.2) is 9.79 Å². The van der Waals surface area contributed by atoms with E-state index in [4.69, 9.17) is 0 Å². The molecule has 0 saturated carbocycles. The molecule has 0 aromatic carbocycles. The van der Waals surface area contributed by atoms with E-state index in [0.717, 1.165) is 25.5 Å². The number of imide groups is 1. The summed E-state index contributed by atoms with van der Waals surface area (Å²) in [6.45, 7) is 5.99. The highest BCUT2D eigenvalue weighted by molar-refractivity contribution is 6.03. The molecule has 3 amide bonds. The van der Waals surface area contributed by atoms with Crippen molar-refractivity contribution in [1.29, 1.82) is 0 Å². The van der Waals surface area contributed by atoms with Crippen LogP contribution in [0.15, 0.2) is 4.99 Å². The Bertz CT molecular complexity index is 535. The molecule has 3 rings (SSSR count). The van der Waals surface area contributed by atoms with Crippen LogP contribution < -0.4 is 5.32 Å². The Labute approximate surface area is 136 Å². The highest BCUT2D eigenvalue weighted by Crippen LogP contribution is 2.27. The fourth-order valence-electron chi connectivity index (χ4n) is 3.63. The minimum absolute atomic E-state index is 0.320. The van der Waals surface area contributed by atoms with Gasteiger partial charge in [-0.3, -0.25) is 10.1 Å². The third-order valence-corrected chi connectivity index (χ3v) is 4.74. The summed E-state index contributed by atoms with van der Waals surface area (Å²) in [5.74, 6) is 0.947. The maximum Gasteiger partial charge on any atom is 0.325 e. The van der Waals surface area contributed by atoms with E-state index in [1.807, 2.05) is 4.90 Å². The van der Waals surface area contributed by atoms with Crippen molar-refractivity contribution in [3.8, 4) is 0 Å². The molecule has 2 fully saturated rings. The van der Waals surface area contributed by atoms with Crippen molar-refractivity contribution in [3.05, 3.63) is 0 Å². The number of nitrogens with one attached hydrogen (secondary N) is 1. The Kier molecular flexibility index (Phi) is 4.18. The molecule has 3 heterocycles. The number of rotatable bonds is 2. The number of nitrogens with zero attached hydrogens (tertiary/aromatic N) is 4. The fourth-order valence-corrected chi connectivity index (χ4v) is 3.63. The van der Waals surface area contributed by atoms with Crippen LogP contribution in [0, 0.1) is 5.92 Å². The smallest absolute Gasteiger partial charge is 0.325 e. The van der Waals surface area contributed by atoms with Crippen molar-refractivity contribution in [2.75, 3.05) is 26.7 Å². The second-order valence-corrected chi connectivity index (χ2v) is 6.89. The van der Waals surface area contributed by atoms with Crippen LogP contribution in [-0.2, 0) is 4.79 Å². The molecule has 4 atom stereocenters. The van der Waals surface area contributed by atoms with E-state index in [0.29, 0.717) is 12.5 Å². The first-order chi connectivity index (χ1) is 10.9. The maximum absolute atomic E-state index is 12.3. The van der Waals surface area contributed by atoms with Gasteiger partial charge in [-0.1, -0.05) is 6.92 Å². The van der Waals surface area contributed by atoms with Crippen LogP contribution in [-0.4, -0.2) is 82.7 Å². The molecule has 4 unspecified atom stereocenters. The molecule has 23 heavy (non-hydrogen) atoms. The number of aliphatic imine (C=N–C) groups is 1. The molecule has 2 saturated heterocycles. The lowest BCUT2D eigenvalue weighted by Crippen LogP contribution is -2.65. The largest absolute Gasteiger partial charge is 0.392 e. The van der Waals surface area contributed by atoms with Gasteiger partial charge in [-0.05, 0) is 25.7 Å². The molecule has 0 aliphatic carbocycles. The number of guanidine groups is 1. The van der Waals surface area contributed by atoms with Crippen LogP contribution in [0.2, 0.25) is 0 Å². The summed E-state index contributed by atoms with van der Waals surface area (Å²) >= 11 is 0. The normalized spacial score (nSPS) is 32.6. The predicted octanol–water partition coefficient (Wildman–Crippen LogP) is -0.353. The van der Waals surface area contributed by atoms with Crippen molar-refractivity contribution in [2.24, 2.45) is 10.9 Å². The van der Waals surface area contributed by atoms with Gasteiger partial charge in [-0.15, -0.1) is 0 Å². The van der Waals surface area contributed by atoms with Crippen molar-refractivity contribution >= 4 is 17.9 Å². The first-order valence-electron chi connectivity index (χ1n) is 8.23. The number of hydrogen-bond donors (Lipinski definition) is 2. The molecule has 0 aromatic heterocycles. The lowest BCUT2D eigenvalue weighted by molar-refractivity contribution is -0.127. The number of amides is 3. The standard InChI is InChI=1S/C15H25N5O3/c1-9-5-4-6-19(7-9)14-16-12-11(20(14)8-10(2)21)13(22)17-15(23)18(12)3/h9-12,21H,4-8H2,1-3H3,(H,17,22,23). The first kappa shape index (κ1) is 16.0. The Morgan fingerprint density at radius 1 is 1.43 bits per heavy atom. The van der Waals surface area contributed by atoms with Crippen molar-refractivity contribution in [1.82, 2.24) is 20.0 Å². The van der Waals surface area contributed by atoms with E-state index in [-0.39, 0.29) is 5.91 Å². The Hall–Kier alpha value is -1.83. The topological polar surface area (TPSA) is 88.5 Å². The molecule has 0 spiro atoms. The Morgan fingerprint density at radius 2 is 2.17 bits per heavy atom. The number of carbonyl (C=O) groups is 2. The number of likely N-dealkylation sites (tertiary alicyclic amines) is 1. The van der Waals surface area contributed by atoms with Crippen LogP contribution >= 0.6 is 0 Å². The van der Waals surface area contributed by atoms with Crippen LogP contribution in [0.1, 0.15) is 26.7 Å². The van der Waals surface area contributed by atoms with E-state index in [2.05, 4.69) is 22.1 Å². The zero-order valence-corrected chi connectivity index (χ0v) is 13.9. The monoisotopic (exact) mass is 323 g/mol. The zero-order chi connectivity index (χ0) is 16.7. The molecule has 2 N–H and O–H groups in total. The number of aliphatic hydroxyl groups is 1. The molecule has 3 aliphatic heterocycles. The van der Waals surface area contributed by atoms with E-state index in [9.17, 15) is 14.7 Å². The Balaban J connectivity index is 1.91. The van der Waals surface area contributed by atoms with Gasteiger partial charge in [0.1, 0.15) is 0 Å². The van der Waals surface area contributed by atoms with Gasteiger partial charge in [0.05, 0.1) is 6.10 Å². The van der Waals surface area contributed by atoms with Gasteiger partial charge >= 0.3 is 6.03 Å². The molecule has 0 bridgehead atoms. The summed E-state index contributed by atoms with van der Waals surface area (Å²) in [5.41, 5.74) is 0. The molecule has 0 radical (unpaired) electrons. The summed E-state index contributed by atoms with van der Waals surface area (Å²) in [6.07, 6.45) is 1.16. The van der Waals surface area contributed by atoms with Crippen LogP contribution in [0.5, 0.6) is 0 Å². The predicted molar refractivity (Wildman–Crippen MR) is 84.7 cm³/mol. The maximum atomic E-state index is 12.3. The summed E-state index contributed by atoms with van der Waals surface area (Å²) in [7, 11) is 1.64. The van der Waals surface area contributed by atoms with Crippen LogP contribution in [0.4, 0.5) is 4.79 Å². The number of aliphatic hydroxyl groups excluding tert-OH is 1. The zero-order valence-electron chi connectivity index (χ0n) is 13.9.